The molecule has 2 fully saturated rings. The minimum atomic E-state index is -1.41. The summed E-state index contributed by atoms with van der Waals surface area (Å²) in [4.78, 5) is 25.2. The Morgan fingerprint density at radius 1 is 1.32 bits per heavy atom. The van der Waals surface area contributed by atoms with Gasteiger partial charge in [0.05, 0.1) is 17.5 Å². The van der Waals surface area contributed by atoms with E-state index in [1.165, 1.54) is 15.7 Å². The minimum Gasteiger partial charge on any atom is -0.477 e. The molecular weight excluding hydrogens is 334 g/mol. The van der Waals surface area contributed by atoms with Crippen molar-refractivity contribution < 1.29 is 23.4 Å². The number of fused-ring (bicyclic) bond motifs is 1. The van der Waals surface area contributed by atoms with E-state index in [2.05, 4.69) is 0 Å². The van der Waals surface area contributed by atoms with Gasteiger partial charge in [-0.05, 0) is 25.3 Å². The fourth-order valence-corrected chi connectivity index (χ4v) is 3.29. The number of carbonyl (C=O) groups is 1. The van der Waals surface area contributed by atoms with Crippen LogP contribution in [0, 0.1) is 11.6 Å². The Labute approximate surface area is 141 Å². The van der Waals surface area contributed by atoms with Crippen LogP contribution in [0.15, 0.2) is 17.1 Å². The highest BCUT2D eigenvalue weighted by Crippen LogP contribution is 2.39. The van der Waals surface area contributed by atoms with Gasteiger partial charge in [0.25, 0.3) is 0 Å². The molecule has 25 heavy (non-hydrogen) atoms. The molecule has 2 aromatic rings. The van der Waals surface area contributed by atoms with Gasteiger partial charge in [-0.3, -0.25) is 4.79 Å². The van der Waals surface area contributed by atoms with Crippen LogP contribution >= 0.6 is 0 Å². The molecule has 0 unspecified atom stereocenters. The number of anilines is 1. The van der Waals surface area contributed by atoms with E-state index in [4.69, 9.17) is 4.74 Å². The van der Waals surface area contributed by atoms with E-state index in [9.17, 15) is 19.1 Å². The first-order chi connectivity index (χ1) is 12.0. The number of ether oxygens (including phenoxy) is 1. The van der Waals surface area contributed by atoms with E-state index in [-0.39, 0.29) is 29.4 Å². The number of benzene rings is 1. The first kappa shape index (κ1) is 16.0. The Hall–Kier alpha value is -2.48. The number of halogens is 2. The zero-order valence-electron chi connectivity index (χ0n) is 13.3. The van der Waals surface area contributed by atoms with Crippen LogP contribution in [0.2, 0.25) is 0 Å². The highest BCUT2D eigenvalue weighted by molar-refractivity contribution is 5.94. The number of hydrogen-bond acceptors (Lipinski definition) is 4. The van der Waals surface area contributed by atoms with Crippen molar-refractivity contribution in [1.29, 1.82) is 0 Å². The molecule has 1 aliphatic carbocycles. The molecule has 8 heteroatoms. The summed E-state index contributed by atoms with van der Waals surface area (Å²) in [6, 6.07) is 0.863. The second kappa shape index (κ2) is 5.80. The summed E-state index contributed by atoms with van der Waals surface area (Å²) in [6.45, 7) is 1.04. The Morgan fingerprint density at radius 2 is 2.08 bits per heavy atom. The standard InChI is InChI=1S/C17H16F2N2O4/c18-12-6-10-14(13(19)15(12)20-4-1-5-25-8-20)21(9-2-3-9)7-11(16(10)22)17(23)24/h6-7,9H,1-5,8H2,(H,23,24). The van der Waals surface area contributed by atoms with Crippen LogP contribution in [-0.2, 0) is 4.74 Å². The lowest BCUT2D eigenvalue weighted by atomic mass is 10.1. The van der Waals surface area contributed by atoms with Crippen molar-refractivity contribution >= 4 is 22.6 Å². The van der Waals surface area contributed by atoms with Gasteiger partial charge in [-0.15, -0.1) is 0 Å². The maximum absolute atomic E-state index is 15.2. The molecule has 0 atom stereocenters. The molecule has 2 aliphatic rings. The molecule has 0 spiro atoms. The average Bonchev–Trinajstić information content (AvgIpc) is 3.41. The smallest absolute Gasteiger partial charge is 0.341 e. The molecule has 6 nitrogen and oxygen atoms in total. The number of aromatic carboxylic acids is 1. The van der Waals surface area contributed by atoms with Gasteiger partial charge in [-0.2, -0.15) is 0 Å². The van der Waals surface area contributed by atoms with Gasteiger partial charge < -0.3 is 19.3 Å². The van der Waals surface area contributed by atoms with Crippen molar-refractivity contribution in [2.24, 2.45) is 0 Å². The lowest BCUT2D eigenvalue weighted by molar-refractivity contribution is 0.0695. The zero-order chi connectivity index (χ0) is 17.7. The normalized spacial score (nSPS) is 17.9. The van der Waals surface area contributed by atoms with E-state index >= 15 is 4.39 Å². The van der Waals surface area contributed by atoms with Gasteiger partial charge in [-0.25, -0.2) is 13.6 Å². The second-order valence-corrected chi connectivity index (χ2v) is 6.39. The number of carboxylic acid groups (broad SMARTS) is 1. The first-order valence-electron chi connectivity index (χ1n) is 8.12. The van der Waals surface area contributed by atoms with Crippen LogP contribution < -0.4 is 10.3 Å². The molecule has 2 heterocycles. The molecule has 1 aromatic heterocycles. The van der Waals surface area contributed by atoms with Crippen molar-refractivity contribution in [3.05, 3.63) is 39.7 Å². The number of hydrogen-bond donors (Lipinski definition) is 1. The van der Waals surface area contributed by atoms with Crippen molar-refractivity contribution in [2.45, 2.75) is 25.3 Å². The molecule has 1 N–H and O–H groups in total. The van der Waals surface area contributed by atoms with E-state index < -0.39 is 28.6 Å². The Bertz CT molecular complexity index is 931. The van der Waals surface area contributed by atoms with E-state index in [0.29, 0.717) is 19.6 Å². The largest absolute Gasteiger partial charge is 0.477 e. The molecule has 0 radical (unpaired) electrons. The minimum absolute atomic E-state index is 0.0422. The topological polar surface area (TPSA) is 71.8 Å². The summed E-state index contributed by atoms with van der Waals surface area (Å²) in [5.74, 6) is -3.14. The highest BCUT2D eigenvalue weighted by Gasteiger charge is 2.31. The lowest BCUT2D eigenvalue weighted by Gasteiger charge is -2.30. The number of aromatic nitrogens is 1. The highest BCUT2D eigenvalue weighted by atomic mass is 19.1. The average molecular weight is 350 g/mol. The van der Waals surface area contributed by atoms with Crippen molar-refractivity contribution in [1.82, 2.24) is 4.57 Å². The molecule has 132 valence electrons. The van der Waals surface area contributed by atoms with Gasteiger partial charge in [0.15, 0.2) is 5.82 Å². The van der Waals surface area contributed by atoms with Gasteiger partial charge in [-0.1, -0.05) is 0 Å². The van der Waals surface area contributed by atoms with Crippen LogP contribution in [0.4, 0.5) is 14.5 Å². The van der Waals surface area contributed by atoms with E-state index in [1.807, 2.05) is 0 Å². The van der Waals surface area contributed by atoms with Crippen LogP contribution in [0.25, 0.3) is 10.9 Å². The Kier molecular flexibility index (Phi) is 3.72. The predicted molar refractivity (Wildman–Crippen MR) is 86.1 cm³/mol. The molecule has 1 saturated heterocycles. The molecule has 4 rings (SSSR count). The van der Waals surface area contributed by atoms with Gasteiger partial charge in [0.2, 0.25) is 5.43 Å². The number of carboxylic acids is 1. The Balaban J connectivity index is 2.02. The van der Waals surface area contributed by atoms with Crippen LogP contribution in [0.3, 0.4) is 0 Å². The monoisotopic (exact) mass is 350 g/mol. The van der Waals surface area contributed by atoms with Crippen molar-refractivity contribution in [2.75, 3.05) is 24.8 Å². The van der Waals surface area contributed by atoms with E-state index in [0.717, 1.165) is 18.9 Å². The summed E-state index contributed by atoms with van der Waals surface area (Å²) in [5.41, 5.74) is -1.63. The summed E-state index contributed by atoms with van der Waals surface area (Å²) in [5, 5.41) is 8.98. The SMILES string of the molecule is O=C(O)c1cn(C2CC2)c2c(F)c(N3CCCOC3)c(F)cc2c1=O. The first-order valence-corrected chi connectivity index (χ1v) is 8.12. The maximum Gasteiger partial charge on any atom is 0.341 e. The fourth-order valence-electron chi connectivity index (χ4n) is 3.29. The lowest BCUT2D eigenvalue weighted by Crippen LogP contribution is -2.34. The maximum atomic E-state index is 15.2. The van der Waals surface area contributed by atoms with Crippen LogP contribution in [0.1, 0.15) is 35.7 Å². The third kappa shape index (κ3) is 2.57. The summed E-state index contributed by atoms with van der Waals surface area (Å²) in [7, 11) is 0. The van der Waals surface area contributed by atoms with Crippen molar-refractivity contribution in [3.63, 3.8) is 0 Å². The van der Waals surface area contributed by atoms with Crippen molar-refractivity contribution in [3.8, 4) is 0 Å². The summed E-state index contributed by atoms with van der Waals surface area (Å²) in [6.07, 6.45) is 3.33. The predicted octanol–water partition coefficient (Wildman–Crippen LogP) is 2.50. The third-order valence-corrected chi connectivity index (χ3v) is 4.63. The van der Waals surface area contributed by atoms with Crippen LogP contribution in [-0.4, -0.2) is 35.5 Å². The number of pyridine rings is 1. The second-order valence-electron chi connectivity index (χ2n) is 6.39. The van der Waals surface area contributed by atoms with Gasteiger partial charge in [0.1, 0.15) is 23.8 Å². The molecular formula is C17H16F2N2O4. The van der Waals surface area contributed by atoms with Gasteiger partial charge >= 0.3 is 5.97 Å². The van der Waals surface area contributed by atoms with E-state index in [1.54, 1.807) is 0 Å². The van der Waals surface area contributed by atoms with Crippen LogP contribution in [0.5, 0.6) is 0 Å². The molecule has 1 aliphatic heterocycles. The summed E-state index contributed by atoms with van der Waals surface area (Å²) >= 11 is 0. The zero-order valence-corrected chi connectivity index (χ0v) is 13.3. The molecule has 0 bridgehead atoms. The molecule has 1 aromatic carbocycles. The fraction of sp³-hybridized carbons (Fsp3) is 0.412. The number of nitrogens with zero attached hydrogens (tertiary/aromatic N) is 2. The summed E-state index contributed by atoms with van der Waals surface area (Å²) < 4.78 is 36.6. The molecule has 0 amide bonds. The van der Waals surface area contributed by atoms with Gasteiger partial charge in [0, 0.05) is 18.8 Å². The molecule has 1 saturated carbocycles. The Morgan fingerprint density at radius 3 is 2.68 bits per heavy atom. The quantitative estimate of drug-likeness (QED) is 0.921. The third-order valence-electron chi connectivity index (χ3n) is 4.63. The number of rotatable bonds is 3.